The molecule has 0 spiro atoms. The third kappa shape index (κ3) is 2.12. The van der Waals surface area contributed by atoms with E-state index in [-0.39, 0.29) is 16.6 Å². The number of pyridine rings is 1. The first-order chi connectivity index (χ1) is 11.8. The van der Waals surface area contributed by atoms with Crippen LogP contribution in [0.25, 0.3) is 27.9 Å². The van der Waals surface area contributed by atoms with Crippen LogP contribution in [0.5, 0.6) is 17.2 Å². The highest BCUT2D eigenvalue weighted by Crippen LogP contribution is 2.41. The van der Waals surface area contributed by atoms with Crippen LogP contribution in [0.2, 0.25) is 0 Å². The van der Waals surface area contributed by atoms with Gasteiger partial charge in [-0.1, -0.05) is 6.07 Å². The van der Waals surface area contributed by atoms with E-state index in [1.165, 1.54) is 6.07 Å². The van der Waals surface area contributed by atoms with Crippen molar-refractivity contribution in [3.8, 4) is 17.2 Å². The first-order valence-electron chi connectivity index (χ1n) is 8.07. The van der Waals surface area contributed by atoms with E-state index in [2.05, 4.69) is 0 Å². The van der Waals surface area contributed by atoms with E-state index in [1.807, 2.05) is 43.7 Å². The Balaban J connectivity index is 2.27. The summed E-state index contributed by atoms with van der Waals surface area (Å²) < 4.78 is 13.3. The van der Waals surface area contributed by atoms with E-state index in [0.29, 0.717) is 27.9 Å². The summed E-state index contributed by atoms with van der Waals surface area (Å²) >= 11 is 0. The fourth-order valence-electron chi connectivity index (χ4n) is 3.53. The van der Waals surface area contributed by atoms with Crippen LogP contribution in [0, 0.1) is 0 Å². The number of hydrogen-bond acceptors (Lipinski definition) is 4. The Bertz CT molecular complexity index is 1120. The Morgan fingerprint density at radius 1 is 1.24 bits per heavy atom. The highest BCUT2D eigenvalue weighted by molar-refractivity contribution is 6.03. The fourth-order valence-corrected chi connectivity index (χ4v) is 3.53. The van der Waals surface area contributed by atoms with E-state index in [0.717, 1.165) is 5.56 Å². The van der Waals surface area contributed by atoms with Crippen LogP contribution >= 0.6 is 0 Å². The number of ether oxygens (including phenoxy) is 2. The number of methoxy groups -OCH3 is 1. The number of benzene rings is 2. The van der Waals surface area contributed by atoms with Crippen LogP contribution in [-0.2, 0) is 7.05 Å². The van der Waals surface area contributed by atoms with Gasteiger partial charge in [0, 0.05) is 18.7 Å². The maximum absolute atomic E-state index is 13.0. The quantitative estimate of drug-likeness (QED) is 0.689. The minimum atomic E-state index is -0.472. The van der Waals surface area contributed by atoms with E-state index in [4.69, 9.17) is 9.47 Å². The van der Waals surface area contributed by atoms with Gasteiger partial charge in [0.1, 0.15) is 22.8 Å². The summed E-state index contributed by atoms with van der Waals surface area (Å²) in [5, 5.41) is 11.3. The summed E-state index contributed by atoms with van der Waals surface area (Å²) in [5.74, 6) is 1.09. The average molecular weight is 337 g/mol. The van der Waals surface area contributed by atoms with Gasteiger partial charge >= 0.3 is 0 Å². The van der Waals surface area contributed by atoms with E-state index < -0.39 is 5.60 Å². The molecule has 0 amide bonds. The molecule has 0 unspecified atom stereocenters. The molecule has 4 rings (SSSR count). The summed E-state index contributed by atoms with van der Waals surface area (Å²) in [6.45, 7) is 3.88. The lowest BCUT2D eigenvalue weighted by Crippen LogP contribution is -2.28. The predicted octanol–water partition coefficient (Wildman–Crippen LogP) is 3.59. The summed E-state index contributed by atoms with van der Waals surface area (Å²) in [5.41, 5.74) is 1.40. The molecule has 0 radical (unpaired) electrons. The zero-order valence-electron chi connectivity index (χ0n) is 14.6. The van der Waals surface area contributed by atoms with E-state index in [9.17, 15) is 9.90 Å². The first kappa shape index (κ1) is 15.6. The Labute approximate surface area is 144 Å². The molecule has 25 heavy (non-hydrogen) atoms. The number of para-hydroxylation sites is 1. The SMILES string of the molecule is COc1cccc2c(=O)c3c(O)cc4c(c3n(C)c12)C=CC(C)(C)O4. The van der Waals surface area contributed by atoms with Gasteiger partial charge in [-0.25, -0.2) is 0 Å². The number of aryl methyl sites for hydroxylation is 1. The molecule has 0 saturated carbocycles. The van der Waals surface area contributed by atoms with Crippen molar-refractivity contribution in [1.29, 1.82) is 0 Å². The molecule has 0 aliphatic carbocycles. The lowest BCUT2D eigenvalue weighted by molar-refractivity contribution is 0.159. The lowest BCUT2D eigenvalue weighted by atomic mass is 9.98. The van der Waals surface area contributed by atoms with Gasteiger partial charge in [0.2, 0.25) is 5.43 Å². The molecule has 1 aliphatic rings. The molecule has 2 heterocycles. The van der Waals surface area contributed by atoms with Crippen molar-refractivity contribution >= 4 is 27.9 Å². The summed E-state index contributed by atoms with van der Waals surface area (Å²) in [7, 11) is 3.44. The molecule has 0 fully saturated rings. The highest BCUT2D eigenvalue weighted by Gasteiger charge is 2.27. The molecule has 0 saturated heterocycles. The standard InChI is InChI=1S/C20H19NO4/c1-20(2)9-8-11-15(25-20)10-13(22)16-18(11)21(3)17-12(19(16)23)6-5-7-14(17)24-4/h5-10,22H,1-4H3. The number of phenolic OH excluding ortho intramolecular Hbond substituents is 1. The minimum Gasteiger partial charge on any atom is -0.507 e. The second-order valence-corrected chi connectivity index (χ2v) is 6.81. The van der Waals surface area contributed by atoms with Crippen molar-refractivity contribution in [3.05, 3.63) is 46.1 Å². The third-order valence-corrected chi connectivity index (χ3v) is 4.67. The molecule has 3 aromatic rings. The number of fused-ring (bicyclic) bond motifs is 4. The van der Waals surface area contributed by atoms with Crippen LogP contribution in [0.4, 0.5) is 0 Å². The Morgan fingerprint density at radius 3 is 2.72 bits per heavy atom. The highest BCUT2D eigenvalue weighted by atomic mass is 16.5. The van der Waals surface area contributed by atoms with Crippen molar-refractivity contribution in [3.63, 3.8) is 0 Å². The number of rotatable bonds is 1. The van der Waals surface area contributed by atoms with Crippen LogP contribution in [0.15, 0.2) is 35.1 Å². The number of hydrogen-bond donors (Lipinski definition) is 1. The molecular formula is C20H19NO4. The molecule has 2 aromatic carbocycles. The summed E-state index contributed by atoms with van der Waals surface area (Å²) in [6, 6.07) is 6.86. The summed E-state index contributed by atoms with van der Waals surface area (Å²) in [6.07, 6.45) is 3.89. The third-order valence-electron chi connectivity index (χ3n) is 4.67. The van der Waals surface area contributed by atoms with Crippen molar-refractivity contribution in [1.82, 2.24) is 4.57 Å². The Hall–Kier alpha value is -2.95. The lowest BCUT2D eigenvalue weighted by Gasteiger charge is -2.29. The first-order valence-corrected chi connectivity index (χ1v) is 8.07. The number of aromatic nitrogens is 1. The molecule has 128 valence electrons. The normalized spacial score (nSPS) is 15.2. The maximum Gasteiger partial charge on any atom is 0.201 e. The van der Waals surface area contributed by atoms with Gasteiger partial charge in [-0.05, 0) is 38.1 Å². The Kier molecular flexibility index (Phi) is 3.13. The zero-order valence-corrected chi connectivity index (χ0v) is 14.6. The molecule has 1 aliphatic heterocycles. The van der Waals surface area contributed by atoms with Crippen LogP contribution in [-0.4, -0.2) is 22.4 Å². The smallest absolute Gasteiger partial charge is 0.201 e. The Morgan fingerprint density at radius 2 is 2.00 bits per heavy atom. The largest absolute Gasteiger partial charge is 0.507 e. The average Bonchev–Trinajstić information content (AvgIpc) is 2.57. The molecular weight excluding hydrogens is 318 g/mol. The zero-order chi connectivity index (χ0) is 17.9. The fraction of sp³-hybridized carbons (Fsp3) is 0.250. The van der Waals surface area contributed by atoms with Crippen molar-refractivity contribution in [2.75, 3.05) is 7.11 Å². The van der Waals surface area contributed by atoms with Crippen LogP contribution in [0.1, 0.15) is 19.4 Å². The van der Waals surface area contributed by atoms with Crippen molar-refractivity contribution in [2.45, 2.75) is 19.4 Å². The second-order valence-electron chi connectivity index (χ2n) is 6.81. The number of nitrogens with zero attached hydrogens (tertiary/aromatic N) is 1. The van der Waals surface area contributed by atoms with Gasteiger partial charge in [-0.15, -0.1) is 0 Å². The van der Waals surface area contributed by atoms with Gasteiger partial charge < -0.3 is 19.1 Å². The topological polar surface area (TPSA) is 60.7 Å². The van der Waals surface area contributed by atoms with Gasteiger partial charge in [-0.2, -0.15) is 0 Å². The number of phenols is 1. The van der Waals surface area contributed by atoms with Gasteiger partial charge in [0.15, 0.2) is 0 Å². The minimum absolute atomic E-state index is 0.0785. The summed E-state index contributed by atoms with van der Waals surface area (Å²) in [4.78, 5) is 13.0. The van der Waals surface area contributed by atoms with E-state index >= 15 is 0 Å². The monoisotopic (exact) mass is 337 g/mol. The predicted molar refractivity (Wildman–Crippen MR) is 98.7 cm³/mol. The van der Waals surface area contributed by atoms with Gasteiger partial charge in [-0.3, -0.25) is 4.79 Å². The molecule has 5 nitrogen and oxygen atoms in total. The second kappa shape index (κ2) is 5.02. The van der Waals surface area contributed by atoms with Crippen LogP contribution < -0.4 is 14.9 Å². The van der Waals surface area contributed by atoms with E-state index in [1.54, 1.807) is 19.2 Å². The molecule has 0 atom stereocenters. The molecule has 0 bridgehead atoms. The maximum atomic E-state index is 13.0. The van der Waals surface area contributed by atoms with Crippen LogP contribution in [0.3, 0.4) is 0 Å². The molecule has 5 heteroatoms. The van der Waals surface area contributed by atoms with Crippen molar-refractivity contribution < 1.29 is 14.6 Å². The van der Waals surface area contributed by atoms with Gasteiger partial charge in [0.05, 0.1) is 28.9 Å². The van der Waals surface area contributed by atoms with Gasteiger partial charge in [0.25, 0.3) is 0 Å². The molecule has 1 N–H and O–H groups in total. The van der Waals surface area contributed by atoms with Crippen molar-refractivity contribution in [2.24, 2.45) is 7.05 Å². The number of aromatic hydroxyl groups is 1. The molecule has 1 aromatic heterocycles.